The van der Waals surface area contributed by atoms with Crippen molar-refractivity contribution in [2.24, 2.45) is 0 Å². The van der Waals surface area contributed by atoms with E-state index in [0.29, 0.717) is 30.3 Å². The van der Waals surface area contributed by atoms with Gasteiger partial charge in [0.1, 0.15) is 11.5 Å². The quantitative estimate of drug-likeness (QED) is 0.820. The molecule has 9 nitrogen and oxygen atoms in total. The molecule has 1 aromatic rings. The van der Waals surface area contributed by atoms with Gasteiger partial charge in [-0.25, -0.2) is 4.79 Å². The Bertz CT molecular complexity index is 692. The molecule has 1 saturated heterocycles. The number of benzene rings is 1. The minimum absolute atomic E-state index is 0.259. The molecule has 1 fully saturated rings. The van der Waals surface area contributed by atoms with E-state index in [1.165, 1.54) is 36.9 Å². The van der Waals surface area contributed by atoms with Crippen molar-refractivity contribution in [1.82, 2.24) is 13.5 Å². The van der Waals surface area contributed by atoms with Gasteiger partial charge < -0.3 is 19.7 Å². The van der Waals surface area contributed by atoms with E-state index in [-0.39, 0.29) is 19.1 Å². The van der Waals surface area contributed by atoms with Crippen LogP contribution in [0.15, 0.2) is 18.2 Å². The Labute approximate surface area is 148 Å². The van der Waals surface area contributed by atoms with E-state index in [4.69, 9.17) is 9.47 Å². The molecule has 2 rings (SSSR count). The van der Waals surface area contributed by atoms with Crippen molar-refractivity contribution in [1.29, 1.82) is 0 Å². The lowest BCUT2D eigenvalue weighted by molar-refractivity contribution is 0.182. The number of carbonyl (C=O) groups is 1. The second-order valence-electron chi connectivity index (χ2n) is 5.71. The van der Waals surface area contributed by atoms with Gasteiger partial charge in [-0.2, -0.15) is 17.0 Å². The van der Waals surface area contributed by atoms with Crippen LogP contribution in [0.4, 0.5) is 10.5 Å². The van der Waals surface area contributed by atoms with E-state index in [1.54, 1.807) is 23.1 Å². The van der Waals surface area contributed by atoms with Gasteiger partial charge in [-0.1, -0.05) is 0 Å². The van der Waals surface area contributed by atoms with E-state index >= 15 is 0 Å². The average Bonchev–Trinajstić information content (AvgIpc) is 2.61. The minimum atomic E-state index is -3.45. The SMILES string of the molecule is COc1cc(NC(=O)N2CCN(S(=O)(=O)N(C)C)CC2)cc(OC)c1. The summed E-state index contributed by atoms with van der Waals surface area (Å²) in [5.41, 5.74) is 0.546. The molecule has 25 heavy (non-hydrogen) atoms. The van der Waals surface area contributed by atoms with Gasteiger partial charge in [0, 0.05) is 64.2 Å². The summed E-state index contributed by atoms with van der Waals surface area (Å²) in [6, 6.07) is 4.79. The van der Waals surface area contributed by atoms with Gasteiger partial charge in [0.25, 0.3) is 10.2 Å². The van der Waals surface area contributed by atoms with Crippen molar-refractivity contribution in [3.63, 3.8) is 0 Å². The Morgan fingerprint density at radius 1 is 1.04 bits per heavy atom. The molecule has 0 saturated carbocycles. The fourth-order valence-corrected chi connectivity index (χ4v) is 3.52. The van der Waals surface area contributed by atoms with Gasteiger partial charge in [0.15, 0.2) is 0 Å². The third-order valence-electron chi connectivity index (χ3n) is 3.92. The van der Waals surface area contributed by atoms with Gasteiger partial charge >= 0.3 is 6.03 Å². The fraction of sp³-hybridized carbons (Fsp3) is 0.533. The van der Waals surface area contributed by atoms with Gasteiger partial charge in [-0.3, -0.25) is 0 Å². The van der Waals surface area contributed by atoms with Crippen molar-refractivity contribution in [3.8, 4) is 11.5 Å². The Morgan fingerprint density at radius 2 is 1.56 bits per heavy atom. The summed E-state index contributed by atoms with van der Waals surface area (Å²) in [6.45, 7) is 1.16. The maximum Gasteiger partial charge on any atom is 0.321 e. The van der Waals surface area contributed by atoms with E-state index in [2.05, 4.69) is 5.32 Å². The number of amides is 2. The molecule has 2 amide bonds. The molecular weight excluding hydrogens is 348 g/mol. The molecule has 0 atom stereocenters. The number of nitrogens with one attached hydrogen (secondary N) is 1. The number of ether oxygens (including phenoxy) is 2. The average molecular weight is 372 g/mol. The van der Waals surface area contributed by atoms with Gasteiger partial charge in [-0.15, -0.1) is 0 Å². The standard InChI is InChI=1S/C15H24N4O5S/c1-17(2)25(21,22)19-7-5-18(6-8-19)15(20)16-12-9-13(23-3)11-14(10-12)24-4/h9-11H,5-8H2,1-4H3,(H,16,20). The molecule has 0 spiro atoms. The van der Waals surface area contributed by atoms with Crippen LogP contribution < -0.4 is 14.8 Å². The number of methoxy groups -OCH3 is 2. The number of hydrogen-bond donors (Lipinski definition) is 1. The molecule has 140 valence electrons. The Hall–Kier alpha value is -2.04. The van der Waals surface area contributed by atoms with Crippen LogP contribution in [0.25, 0.3) is 0 Å². The van der Waals surface area contributed by atoms with Crippen LogP contribution in [-0.2, 0) is 10.2 Å². The third kappa shape index (κ3) is 4.53. The lowest BCUT2D eigenvalue weighted by atomic mass is 10.2. The smallest absolute Gasteiger partial charge is 0.321 e. The number of urea groups is 1. The highest BCUT2D eigenvalue weighted by Gasteiger charge is 2.30. The molecule has 0 radical (unpaired) electrons. The second kappa shape index (κ2) is 7.89. The molecule has 10 heteroatoms. The summed E-state index contributed by atoms with van der Waals surface area (Å²) in [5, 5.41) is 2.79. The van der Waals surface area contributed by atoms with Crippen molar-refractivity contribution >= 4 is 21.9 Å². The summed E-state index contributed by atoms with van der Waals surface area (Å²) >= 11 is 0. The maximum absolute atomic E-state index is 12.4. The summed E-state index contributed by atoms with van der Waals surface area (Å²) in [7, 11) is 2.60. The van der Waals surface area contributed by atoms with Gasteiger partial charge in [-0.05, 0) is 0 Å². The summed E-state index contributed by atoms with van der Waals surface area (Å²) < 4.78 is 37.1. The van der Waals surface area contributed by atoms with Crippen LogP contribution in [0, 0.1) is 0 Å². The monoisotopic (exact) mass is 372 g/mol. The Morgan fingerprint density at radius 3 is 2.00 bits per heavy atom. The highest BCUT2D eigenvalue weighted by Crippen LogP contribution is 2.26. The minimum Gasteiger partial charge on any atom is -0.497 e. The zero-order valence-corrected chi connectivity index (χ0v) is 15.7. The molecule has 0 aliphatic carbocycles. The van der Waals surface area contributed by atoms with Crippen LogP contribution in [0.5, 0.6) is 11.5 Å². The van der Waals surface area contributed by atoms with Crippen LogP contribution in [0.2, 0.25) is 0 Å². The van der Waals surface area contributed by atoms with Crippen LogP contribution >= 0.6 is 0 Å². The number of nitrogens with zero attached hydrogens (tertiary/aromatic N) is 3. The third-order valence-corrected chi connectivity index (χ3v) is 5.86. The number of rotatable bonds is 5. The predicted molar refractivity (Wildman–Crippen MR) is 94.3 cm³/mol. The Balaban J connectivity index is 2.00. The predicted octanol–water partition coefficient (Wildman–Crippen LogP) is 0.660. The first-order valence-electron chi connectivity index (χ1n) is 7.74. The first kappa shape index (κ1) is 19.3. The fourth-order valence-electron chi connectivity index (χ4n) is 2.43. The van der Waals surface area contributed by atoms with Gasteiger partial charge in [0.2, 0.25) is 0 Å². The Kier molecular flexibility index (Phi) is 6.09. The molecule has 1 heterocycles. The number of carbonyl (C=O) groups excluding carboxylic acids is 1. The number of piperazine rings is 1. The highest BCUT2D eigenvalue weighted by atomic mass is 32.2. The second-order valence-corrected chi connectivity index (χ2v) is 7.85. The van der Waals surface area contributed by atoms with Crippen LogP contribution in [-0.4, -0.2) is 82.5 Å². The highest BCUT2D eigenvalue weighted by molar-refractivity contribution is 7.86. The van der Waals surface area contributed by atoms with Crippen LogP contribution in [0.1, 0.15) is 0 Å². The first-order chi connectivity index (χ1) is 11.8. The zero-order chi connectivity index (χ0) is 18.6. The van der Waals surface area contributed by atoms with Crippen molar-refractivity contribution in [3.05, 3.63) is 18.2 Å². The first-order valence-corrected chi connectivity index (χ1v) is 9.14. The summed E-state index contributed by atoms with van der Waals surface area (Å²) in [4.78, 5) is 14.0. The van der Waals surface area contributed by atoms with Crippen molar-refractivity contribution in [2.45, 2.75) is 0 Å². The van der Waals surface area contributed by atoms with E-state index < -0.39 is 10.2 Å². The molecule has 1 aliphatic rings. The zero-order valence-electron chi connectivity index (χ0n) is 14.9. The lowest BCUT2D eigenvalue weighted by Crippen LogP contribution is -2.53. The molecular formula is C15H24N4O5S. The maximum atomic E-state index is 12.4. The molecule has 1 aromatic carbocycles. The normalized spacial score (nSPS) is 16.0. The topological polar surface area (TPSA) is 91.4 Å². The molecule has 0 unspecified atom stereocenters. The summed E-state index contributed by atoms with van der Waals surface area (Å²) in [5.74, 6) is 1.13. The van der Waals surface area contributed by atoms with Crippen molar-refractivity contribution in [2.75, 3.05) is 59.8 Å². The summed E-state index contributed by atoms with van der Waals surface area (Å²) in [6.07, 6.45) is 0. The van der Waals surface area contributed by atoms with E-state index in [1.807, 2.05) is 0 Å². The largest absolute Gasteiger partial charge is 0.497 e. The van der Waals surface area contributed by atoms with Crippen molar-refractivity contribution < 1.29 is 22.7 Å². The molecule has 1 aliphatic heterocycles. The van der Waals surface area contributed by atoms with E-state index in [9.17, 15) is 13.2 Å². The van der Waals surface area contributed by atoms with E-state index in [0.717, 1.165) is 0 Å². The number of hydrogen-bond acceptors (Lipinski definition) is 5. The number of anilines is 1. The molecule has 1 N–H and O–H groups in total. The molecule has 0 aromatic heterocycles. The molecule has 0 bridgehead atoms. The lowest BCUT2D eigenvalue weighted by Gasteiger charge is -2.35. The van der Waals surface area contributed by atoms with Gasteiger partial charge in [0.05, 0.1) is 14.2 Å². The van der Waals surface area contributed by atoms with Crippen LogP contribution in [0.3, 0.4) is 0 Å².